The first kappa shape index (κ1) is 13.0. The summed E-state index contributed by atoms with van der Waals surface area (Å²) in [5, 5.41) is 1.15. The molecular weight excluding hydrogens is 264 g/mol. The zero-order chi connectivity index (χ0) is 14.1. The monoisotopic (exact) mass is 280 g/mol. The Balaban J connectivity index is 2.09. The van der Waals surface area contributed by atoms with Gasteiger partial charge in [0.1, 0.15) is 0 Å². The lowest BCUT2D eigenvalue weighted by atomic mass is 10.2. The molecule has 0 aliphatic carbocycles. The van der Waals surface area contributed by atoms with Crippen LogP contribution in [-0.4, -0.2) is 4.98 Å². The van der Waals surface area contributed by atoms with Gasteiger partial charge in [-0.15, -0.1) is 0 Å². The Morgan fingerprint density at radius 1 is 0.950 bits per heavy atom. The molecule has 0 amide bonds. The Morgan fingerprint density at radius 2 is 1.80 bits per heavy atom. The summed E-state index contributed by atoms with van der Waals surface area (Å²) in [6.07, 6.45) is 1.84. The number of hydrogen-bond donors (Lipinski definition) is 1. The molecule has 0 saturated carbocycles. The van der Waals surface area contributed by atoms with Crippen molar-refractivity contribution < 1.29 is 0 Å². The molecule has 0 fully saturated rings. The van der Waals surface area contributed by atoms with Gasteiger partial charge in [0, 0.05) is 27.1 Å². The van der Waals surface area contributed by atoms with E-state index in [1.54, 1.807) is 11.8 Å². The minimum Gasteiger partial charge on any atom is -0.399 e. The first-order valence-electron chi connectivity index (χ1n) is 6.53. The highest BCUT2D eigenvalue weighted by atomic mass is 32.2. The van der Waals surface area contributed by atoms with E-state index in [0.29, 0.717) is 0 Å². The highest BCUT2D eigenvalue weighted by Crippen LogP contribution is 2.35. The summed E-state index contributed by atoms with van der Waals surface area (Å²) in [5.74, 6) is 0. The van der Waals surface area contributed by atoms with Crippen LogP contribution >= 0.6 is 11.8 Å². The normalized spacial score (nSPS) is 10.9. The largest absolute Gasteiger partial charge is 0.399 e. The van der Waals surface area contributed by atoms with Crippen molar-refractivity contribution in [2.45, 2.75) is 23.6 Å². The number of pyridine rings is 1. The molecule has 0 aliphatic rings. The lowest BCUT2D eigenvalue weighted by Gasteiger charge is -2.09. The first-order valence-corrected chi connectivity index (χ1v) is 7.34. The summed E-state index contributed by atoms with van der Waals surface area (Å²) in [5.41, 5.74) is 10.1. The third-order valence-corrected chi connectivity index (χ3v) is 4.53. The van der Waals surface area contributed by atoms with Crippen molar-refractivity contribution in [3.05, 3.63) is 59.8 Å². The zero-order valence-corrected chi connectivity index (χ0v) is 12.4. The SMILES string of the molecule is Cc1ccc(C)c(Sc2ccnc3cc(N)ccc23)c1. The molecular formula is C17H16N2S. The number of nitrogens with zero attached hydrogens (tertiary/aromatic N) is 1. The van der Waals surface area contributed by atoms with Gasteiger partial charge < -0.3 is 5.73 Å². The van der Waals surface area contributed by atoms with Crippen molar-refractivity contribution in [2.24, 2.45) is 0 Å². The second-order valence-electron chi connectivity index (χ2n) is 4.96. The number of fused-ring (bicyclic) bond motifs is 1. The van der Waals surface area contributed by atoms with E-state index in [1.165, 1.54) is 20.9 Å². The number of benzene rings is 2. The van der Waals surface area contributed by atoms with Crippen molar-refractivity contribution >= 4 is 28.4 Å². The van der Waals surface area contributed by atoms with E-state index < -0.39 is 0 Å². The fourth-order valence-corrected chi connectivity index (χ4v) is 3.29. The quantitative estimate of drug-likeness (QED) is 0.698. The fraction of sp³-hybridized carbons (Fsp3) is 0.118. The van der Waals surface area contributed by atoms with Gasteiger partial charge in [-0.1, -0.05) is 23.9 Å². The van der Waals surface area contributed by atoms with Crippen LogP contribution in [0.2, 0.25) is 0 Å². The van der Waals surface area contributed by atoms with Gasteiger partial charge in [-0.25, -0.2) is 0 Å². The van der Waals surface area contributed by atoms with Crippen LogP contribution < -0.4 is 5.73 Å². The van der Waals surface area contributed by atoms with Gasteiger partial charge in [0.05, 0.1) is 5.52 Å². The molecule has 0 saturated heterocycles. The van der Waals surface area contributed by atoms with Gasteiger partial charge in [0.15, 0.2) is 0 Å². The van der Waals surface area contributed by atoms with E-state index in [9.17, 15) is 0 Å². The van der Waals surface area contributed by atoms with Crippen LogP contribution in [0, 0.1) is 13.8 Å². The van der Waals surface area contributed by atoms with E-state index in [4.69, 9.17) is 5.73 Å². The lowest BCUT2D eigenvalue weighted by molar-refractivity contribution is 1.25. The first-order chi connectivity index (χ1) is 9.63. The van der Waals surface area contributed by atoms with Crippen molar-refractivity contribution in [3.8, 4) is 0 Å². The van der Waals surface area contributed by atoms with Crippen LogP contribution in [0.25, 0.3) is 10.9 Å². The molecule has 1 aromatic heterocycles. The molecule has 100 valence electrons. The molecule has 2 aromatic carbocycles. The number of anilines is 1. The molecule has 0 bridgehead atoms. The molecule has 0 aliphatic heterocycles. The number of nitrogen functional groups attached to an aromatic ring is 1. The van der Waals surface area contributed by atoms with Gasteiger partial charge in [-0.3, -0.25) is 4.98 Å². The smallest absolute Gasteiger partial charge is 0.0733 e. The summed E-state index contributed by atoms with van der Waals surface area (Å²) in [6, 6.07) is 14.5. The molecule has 0 spiro atoms. The molecule has 3 heteroatoms. The third kappa shape index (κ3) is 2.49. The minimum absolute atomic E-state index is 0.749. The lowest BCUT2D eigenvalue weighted by Crippen LogP contribution is -1.88. The molecule has 2 N–H and O–H groups in total. The maximum absolute atomic E-state index is 5.82. The summed E-state index contributed by atoms with van der Waals surface area (Å²) >= 11 is 1.78. The number of rotatable bonds is 2. The average Bonchev–Trinajstić information content (AvgIpc) is 2.43. The van der Waals surface area contributed by atoms with E-state index in [-0.39, 0.29) is 0 Å². The molecule has 2 nitrogen and oxygen atoms in total. The van der Waals surface area contributed by atoms with Crippen LogP contribution in [0.3, 0.4) is 0 Å². The molecule has 20 heavy (non-hydrogen) atoms. The van der Waals surface area contributed by atoms with Gasteiger partial charge in [0.2, 0.25) is 0 Å². The maximum Gasteiger partial charge on any atom is 0.0733 e. The van der Waals surface area contributed by atoms with E-state index in [1.807, 2.05) is 24.4 Å². The average molecular weight is 280 g/mol. The van der Waals surface area contributed by atoms with Crippen molar-refractivity contribution in [1.29, 1.82) is 0 Å². The Bertz CT molecular complexity index is 781. The Morgan fingerprint density at radius 3 is 2.65 bits per heavy atom. The number of aryl methyl sites for hydroxylation is 2. The van der Waals surface area contributed by atoms with Crippen LogP contribution in [0.5, 0.6) is 0 Å². The van der Waals surface area contributed by atoms with Crippen molar-refractivity contribution in [3.63, 3.8) is 0 Å². The standard InChI is InChI=1S/C17H16N2S/c1-11-3-4-12(2)17(9-11)20-16-7-8-19-15-10-13(18)5-6-14(15)16/h3-10H,18H2,1-2H3. The number of hydrogen-bond acceptors (Lipinski definition) is 3. The Hall–Kier alpha value is -2.00. The number of aromatic nitrogens is 1. The molecule has 3 rings (SSSR count). The Labute approximate surface area is 123 Å². The second-order valence-corrected chi connectivity index (χ2v) is 6.04. The second kappa shape index (κ2) is 5.17. The Kier molecular flexibility index (Phi) is 3.36. The fourth-order valence-electron chi connectivity index (χ4n) is 2.16. The van der Waals surface area contributed by atoms with Crippen molar-refractivity contribution in [1.82, 2.24) is 4.98 Å². The van der Waals surface area contributed by atoms with Crippen molar-refractivity contribution in [2.75, 3.05) is 5.73 Å². The zero-order valence-electron chi connectivity index (χ0n) is 11.6. The van der Waals surface area contributed by atoms with Gasteiger partial charge >= 0.3 is 0 Å². The van der Waals surface area contributed by atoms with Crippen LogP contribution in [0.1, 0.15) is 11.1 Å². The summed E-state index contributed by atoms with van der Waals surface area (Å²) in [7, 11) is 0. The maximum atomic E-state index is 5.82. The van der Waals surface area contributed by atoms with Crippen LogP contribution in [0.4, 0.5) is 5.69 Å². The highest BCUT2D eigenvalue weighted by molar-refractivity contribution is 7.99. The minimum atomic E-state index is 0.749. The van der Waals surface area contributed by atoms with E-state index >= 15 is 0 Å². The summed E-state index contributed by atoms with van der Waals surface area (Å²) < 4.78 is 0. The molecule has 0 atom stereocenters. The topological polar surface area (TPSA) is 38.9 Å². The summed E-state index contributed by atoms with van der Waals surface area (Å²) in [6.45, 7) is 4.26. The number of nitrogens with two attached hydrogens (primary N) is 1. The predicted octanol–water partition coefficient (Wildman–Crippen LogP) is 4.59. The van der Waals surface area contributed by atoms with Crippen LogP contribution in [0.15, 0.2) is 58.5 Å². The van der Waals surface area contributed by atoms with Crippen LogP contribution in [-0.2, 0) is 0 Å². The molecule has 1 heterocycles. The molecule has 3 aromatic rings. The summed E-state index contributed by atoms with van der Waals surface area (Å²) in [4.78, 5) is 6.89. The van der Waals surface area contributed by atoms with E-state index in [2.05, 4.69) is 43.1 Å². The highest BCUT2D eigenvalue weighted by Gasteiger charge is 2.06. The van der Waals surface area contributed by atoms with Gasteiger partial charge in [0.25, 0.3) is 0 Å². The molecule has 0 unspecified atom stereocenters. The van der Waals surface area contributed by atoms with Gasteiger partial charge in [-0.2, -0.15) is 0 Å². The molecule has 0 radical (unpaired) electrons. The van der Waals surface area contributed by atoms with Gasteiger partial charge in [-0.05, 0) is 55.3 Å². The van der Waals surface area contributed by atoms with E-state index in [0.717, 1.165) is 16.6 Å². The third-order valence-electron chi connectivity index (χ3n) is 3.29. The predicted molar refractivity (Wildman–Crippen MR) is 86.2 cm³/mol.